The maximum Gasteiger partial charge on any atom is 0.128 e. The minimum atomic E-state index is 0.408. The Hall–Kier alpha value is -1.29. The molecule has 82 valence electrons. The van der Waals surface area contributed by atoms with Gasteiger partial charge in [0.05, 0.1) is 6.10 Å². The monoisotopic (exact) mass is 207 g/mol. The minimum absolute atomic E-state index is 0.408. The van der Waals surface area contributed by atoms with Crippen molar-refractivity contribution in [1.82, 2.24) is 4.98 Å². The number of methoxy groups -OCH3 is 1. The molecule has 0 saturated heterocycles. The molecule has 1 saturated carbocycles. The second-order valence-corrected chi connectivity index (χ2v) is 4.10. The normalized spacial score (nSPS) is 24.7. The lowest BCUT2D eigenvalue weighted by Gasteiger charge is -2.34. The molecule has 0 spiro atoms. The molecule has 0 atom stereocenters. The van der Waals surface area contributed by atoms with Gasteiger partial charge >= 0.3 is 0 Å². The van der Waals surface area contributed by atoms with Crippen molar-refractivity contribution in [3.05, 3.63) is 17.8 Å². The van der Waals surface area contributed by atoms with Crippen molar-refractivity contribution in [2.24, 2.45) is 0 Å². The van der Waals surface area contributed by atoms with E-state index in [0.29, 0.717) is 12.1 Å². The van der Waals surface area contributed by atoms with Crippen LogP contribution in [0.1, 0.15) is 18.4 Å². The molecule has 1 aliphatic rings. The van der Waals surface area contributed by atoms with Crippen LogP contribution in [0.4, 0.5) is 11.5 Å². The molecule has 15 heavy (non-hydrogen) atoms. The molecule has 0 radical (unpaired) electrons. The minimum Gasteiger partial charge on any atom is -0.398 e. The van der Waals surface area contributed by atoms with E-state index in [1.807, 2.05) is 13.0 Å². The van der Waals surface area contributed by atoms with Crippen LogP contribution in [-0.4, -0.2) is 24.2 Å². The van der Waals surface area contributed by atoms with Gasteiger partial charge in [0.1, 0.15) is 5.82 Å². The summed E-state index contributed by atoms with van der Waals surface area (Å²) in [5.74, 6) is 0.859. The SMILES string of the molecule is COC1CC(Nc2cc(N)c(C)cn2)C1. The van der Waals surface area contributed by atoms with Gasteiger partial charge in [-0.1, -0.05) is 0 Å². The quantitative estimate of drug-likeness (QED) is 0.789. The fourth-order valence-electron chi connectivity index (χ4n) is 1.70. The van der Waals surface area contributed by atoms with Crippen molar-refractivity contribution < 1.29 is 4.74 Å². The first-order valence-corrected chi connectivity index (χ1v) is 5.20. The highest BCUT2D eigenvalue weighted by atomic mass is 16.5. The first kappa shape index (κ1) is 10.2. The summed E-state index contributed by atoms with van der Waals surface area (Å²) in [6, 6.07) is 2.36. The number of anilines is 2. The molecule has 1 aromatic heterocycles. The van der Waals surface area contributed by atoms with Crippen molar-refractivity contribution in [1.29, 1.82) is 0 Å². The Morgan fingerprint density at radius 2 is 2.27 bits per heavy atom. The van der Waals surface area contributed by atoms with Gasteiger partial charge in [0.25, 0.3) is 0 Å². The number of aryl methyl sites for hydroxylation is 1. The lowest BCUT2D eigenvalue weighted by atomic mass is 9.89. The highest BCUT2D eigenvalue weighted by Crippen LogP contribution is 2.26. The van der Waals surface area contributed by atoms with Crippen LogP contribution < -0.4 is 11.1 Å². The van der Waals surface area contributed by atoms with Crippen molar-refractivity contribution in [3.63, 3.8) is 0 Å². The van der Waals surface area contributed by atoms with Gasteiger partial charge in [0, 0.05) is 31.1 Å². The third-order valence-corrected chi connectivity index (χ3v) is 2.93. The lowest BCUT2D eigenvalue weighted by Crippen LogP contribution is -2.40. The van der Waals surface area contributed by atoms with Gasteiger partial charge in [0.15, 0.2) is 0 Å². The van der Waals surface area contributed by atoms with Crippen LogP contribution in [0, 0.1) is 6.92 Å². The number of ether oxygens (including phenoxy) is 1. The maximum absolute atomic E-state index is 5.80. The summed E-state index contributed by atoms with van der Waals surface area (Å²) >= 11 is 0. The molecular formula is C11H17N3O. The van der Waals surface area contributed by atoms with Gasteiger partial charge in [-0.25, -0.2) is 4.98 Å². The van der Waals surface area contributed by atoms with E-state index in [1.54, 1.807) is 13.3 Å². The molecule has 4 heteroatoms. The van der Waals surface area contributed by atoms with Crippen LogP contribution in [-0.2, 0) is 4.74 Å². The van der Waals surface area contributed by atoms with E-state index < -0.39 is 0 Å². The van der Waals surface area contributed by atoms with Crippen LogP contribution in [0.15, 0.2) is 12.3 Å². The summed E-state index contributed by atoms with van der Waals surface area (Å²) in [4.78, 5) is 4.28. The van der Waals surface area contributed by atoms with Crippen LogP contribution in [0.3, 0.4) is 0 Å². The zero-order valence-corrected chi connectivity index (χ0v) is 9.16. The third kappa shape index (κ3) is 2.21. The molecule has 1 heterocycles. The Kier molecular flexibility index (Phi) is 2.77. The second kappa shape index (κ2) is 4.06. The maximum atomic E-state index is 5.80. The molecule has 4 nitrogen and oxygen atoms in total. The molecule has 1 fully saturated rings. The van der Waals surface area contributed by atoms with E-state index in [0.717, 1.165) is 29.9 Å². The predicted molar refractivity (Wildman–Crippen MR) is 60.8 cm³/mol. The lowest BCUT2D eigenvalue weighted by molar-refractivity contribution is 0.0328. The number of hydrogen-bond donors (Lipinski definition) is 2. The largest absolute Gasteiger partial charge is 0.398 e. The van der Waals surface area contributed by atoms with E-state index in [2.05, 4.69) is 10.3 Å². The van der Waals surface area contributed by atoms with Crippen molar-refractivity contribution in [3.8, 4) is 0 Å². The number of nitrogens with one attached hydrogen (secondary N) is 1. The number of nitrogens with zero attached hydrogens (tertiary/aromatic N) is 1. The average molecular weight is 207 g/mol. The number of rotatable bonds is 3. The first-order valence-electron chi connectivity index (χ1n) is 5.20. The fourth-order valence-corrected chi connectivity index (χ4v) is 1.70. The molecule has 0 bridgehead atoms. The molecule has 0 unspecified atom stereocenters. The van der Waals surface area contributed by atoms with E-state index in [-0.39, 0.29) is 0 Å². The highest BCUT2D eigenvalue weighted by Gasteiger charge is 2.28. The van der Waals surface area contributed by atoms with Crippen LogP contribution in [0.5, 0.6) is 0 Å². The average Bonchev–Trinajstić information content (AvgIpc) is 2.16. The van der Waals surface area contributed by atoms with Gasteiger partial charge in [-0.15, -0.1) is 0 Å². The molecule has 0 aromatic carbocycles. The van der Waals surface area contributed by atoms with E-state index in [1.165, 1.54) is 0 Å². The van der Waals surface area contributed by atoms with Crippen LogP contribution >= 0.6 is 0 Å². The molecule has 3 N–H and O–H groups in total. The zero-order chi connectivity index (χ0) is 10.8. The molecule has 0 amide bonds. The Bertz CT molecular complexity index is 348. The van der Waals surface area contributed by atoms with Crippen molar-refractivity contribution >= 4 is 11.5 Å². The topological polar surface area (TPSA) is 60.2 Å². The Morgan fingerprint density at radius 3 is 2.87 bits per heavy atom. The Morgan fingerprint density at radius 1 is 1.53 bits per heavy atom. The molecule has 0 aliphatic heterocycles. The summed E-state index contributed by atoms with van der Waals surface area (Å²) in [6.45, 7) is 1.95. The smallest absolute Gasteiger partial charge is 0.128 e. The molecule has 1 aliphatic carbocycles. The summed E-state index contributed by atoms with van der Waals surface area (Å²) in [7, 11) is 1.75. The van der Waals surface area contributed by atoms with Gasteiger partial charge in [-0.3, -0.25) is 0 Å². The van der Waals surface area contributed by atoms with Gasteiger partial charge in [-0.05, 0) is 25.3 Å². The van der Waals surface area contributed by atoms with Gasteiger partial charge in [-0.2, -0.15) is 0 Å². The third-order valence-electron chi connectivity index (χ3n) is 2.93. The summed E-state index contributed by atoms with van der Waals surface area (Å²) < 4.78 is 5.21. The predicted octanol–water partition coefficient (Wildman–Crippen LogP) is 1.56. The summed E-state index contributed by atoms with van der Waals surface area (Å²) in [6.07, 6.45) is 4.30. The van der Waals surface area contributed by atoms with Gasteiger partial charge < -0.3 is 15.8 Å². The summed E-state index contributed by atoms with van der Waals surface area (Å²) in [5.41, 5.74) is 7.61. The van der Waals surface area contributed by atoms with Crippen LogP contribution in [0.25, 0.3) is 0 Å². The zero-order valence-electron chi connectivity index (χ0n) is 9.16. The summed E-state index contributed by atoms with van der Waals surface area (Å²) in [5, 5.41) is 3.34. The van der Waals surface area contributed by atoms with Crippen LogP contribution in [0.2, 0.25) is 0 Å². The number of hydrogen-bond acceptors (Lipinski definition) is 4. The number of aromatic nitrogens is 1. The highest BCUT2D eigenvalue weighted by molar-refractivity contribution is 5.53. The van der Waals surface area contributed by atoms with E-state index in [9.17, 15) is 0 Å². The first-order chi connectivity index (χ1) is 7.19. The number of pyridine rings is 1. The Labute approximate surface area is 89.8 Å². The fraction of sp³-hybridized carbons (Fsp3) is 0.545. The second-order valence-electron chi connectivity index (χ2n) is 4.10. The van der Waals surface area contributed by atoms with Crippen molar-refractivity contribution in [2.45, 2.75) is 31.9 Å². The van der Waals surface area contributed by atoms with Crippen molar-refractivity contribution in [2.75, 3.05) is 18.2 Å². The van der Waals surface area contributed by atoms with E-state index in [4.69, 9.17) is 10.5 Å². The molecule has 2 rings (SSSR count). The molecular weight excluding hydrogens is 190 g/mol. The Balaban J connectivity index is 1.92. The molecule has 1 aromatic rings. The van der Waals surface area contributed by atoms with Gasteiger partial charge in [0.2, 0.25) is 0 Å². The standard InChI is InChI=1S/C11H17N3O/c1-7-6-13-11(5-10(7)12)14-8-3-9(4-8)15-2/h5-6,8-9H,3-4H2,1-2H3,(H3,12,13,14). The van der Waals surface area contributed by atoms with E-state index >= 15 is 0 Å². The number of nitrogens with two attached hydrogens (primary N) is 1. The number of nitrogen functional groups attached to an aromatic ring is 1.